The minimum Gasteiger partial charge on any atom is -0.462 e. The van der Waals surface area contributed by atoms with Gasteiger partial charge in [0, 0.05) is 5.38 Å². The van der Waals surface area contributed by atoms with Crippen molar-refractivity contribution in [3.05, 3.63) is 21.9 Å². The van der Waals surface area contributed by atoms with Gasteiger partial charge >= 0.3 is 5.97 Å². The first kappa shape index (κ1) is 12.6. The van der Waals surface area contributed by atoms with Gasteiger partial charge in [-0.25, -0.2) is 4.79 Å². The molecule has 0 amide bonds. The summed E-state index contributed by atoms with van der Waals surface area (Å²) in [5, 5.41) is 4.04. The normalized spacial score (nSPS) is 18.2. The Balaban J connectivity index is 2.10. The molecule has 0 unspecified atom stereocenters. The fourth-order valence-corrected chi connectivity index (χ4v) is 3.22. The number of hydrogen-bond donors (Lipinski definition) is 0. The Hall–Kier alpha value is -0.870. The summed E-state index contributed by atoms with van der Waals surface area (Å²) < 4.78 is 5.10. The van der Waals surface area contributed by atoms with Crippen molar-refractivity contribution in [2.24, 2.45) is 0 Å². The number of piperidine rings is 1. The first-order chi connectivity index (χ1) is 8.22. The molecular formula is C13H19NO2S. The van der Waals surface area contributed by atoms with Crippen molar-refractivity contribution in [3.63, 3.8) is 0 Å². The number of ether oxygens (including phenoxy) is 1. The second kappa shape index (κ2) is 5.65. The molecule has 2 heterocycles. The first-order valence-corrected chi connectivity index (χ1v) is 7.08. The number of esters is 1. The number of carbonyl (C=O) groups is 1. The highest BCUT2D eigenvalue weighted by molar-refractivity contribution is 7.08. The summed E-state index contributed by atoms with van der Waals surface area (Å²) in [5.41, 5.74) is 1.98. The minimum atomic E-state index is -0.164. The molecule has 1 fully saturated rings. The lowest BCUT2D eigenvalue weighted by molar-refractivity contribution is 0.0524. The summed E-state index contributed by atoms with van der Waals surface area (Å²) in [6.07, 6.45) is 2.28. The van der Waals surface area contributed by atoms with Gasteiger partial charge in [-0.05, 0) is 56.8 Å². The van der Waals surface area contributed by atoms with E-state index in [-0.39, 0.29) is 5.97 Å². The van der Waals surface area contributed by atoms with Crippen molar-refractivity contribution in [1.82, 2.24) is 4.90 Å². The van der Waals surface area contributed by atoms with Gasteiger partial charge in [-0.2, -0.15) is 11.3 Å². The summed E-state index contributed by atoms with van der Waals surface area (Å²) in [4.78, 5) is 14.1. The Morgan fingerprint density at radius 1 is 1.47 bits per heavy atom. The average molecular weight is 253 g/mol. The lowest BCUT2D eigenvalue weighted by Gasteiger charge is -2.29. The van der Waals surface area contributed by atoms with E-state index in [0.29, 0.717) is 12.5 Å². The van der Waals surface area contributed by atoms with Gasteiger partial charge in [-0.15, -0.1) is 0 Å². The quantitative estimate of drug-likeness (QED) is 0.776. The lowest BCUT2D eigenvalue weighted by Crippen LogP contribution is -2.29. The van der Waals surface area contributed by atoms with Crippen LogP contribution < -0.4 is 0 Å². The van der Waals surface area contributed by atoms with Crippen LogP contribution in [0.4, 0.5) is 0 Å². The number of thiophene rings is 1. The average Bonchev–Trinajstić information content (AvgIpc) is 2.79. The van der Waals surface area contributed by atoms with Crippen molar-refractivity contribution >= 4 is 17.3 Å². The topological polar surface area (TPSA) is 29.5 Å². The molecule has 17 heavy (non-hydrogen) atoms. The fourth-order valence-electron chi connectivity index (χ4n) is 2.32. The highest BCUT2D eigenvalue weighted by Gasteiger charge is 2.24. The van der Waals surface area contributed by atoms with Crippen molar-refractivity contribution in [2.75, 3.05) is 26.7 Å². The Bertz CT molecular complexity index is 381. The molecule has 94 valence electrons. The predicted molar refractivity (Wildman–Crippen MR) is 69.7 cm³/mol. The highest BCUT2D eigenvalue weighted by atomic mass is 32.1. The van der Waals surface area contributed by atoms with Gasteiger partial charge < -0.3 is 9.64 Å². The molecule has 4 heteroatoms. The summed E-state index contributed by atoms with van der Waals surface area (Å²) in [6.45, 7) is 4.52. The molecule has 1 aliphatic heterocycles. The number of carbonyl (C=O) groups excluding carboxylic acids is 1. The van der Waals surface area contributed by atoms with Gasteiger partial charge in [0.15, 0.2) is 0 Å². The van der Waals surface area contributed by atoms with Crippen LogP contribution in [0.15, 0.2) is 10.8 Å². The summed E-state index contributed by atoms with van der Waals surface area (Å²) in [6, 6.07) is 0. The molecule has 0 saturated carbocycles. The Kier molecular flexibility index (Phi) is 4.18. The number of hydrogen-bond acceptors (Lipinski definition) is 4. The minimum absolute atomic E-state index is 0.164. The van der Waals surface area contributed by atoms with Gasteiger partial charge in [0.25, 0.3) is 0 Å². The number of likely N-dealkylation sites (tertiary alicyclic amines) is 1. The number of nitrogens with zero attached hydrogens (tertiary/aromatic N) is 1. The summed E-state index contributed by atoms with van der Waals surface area (Å²) >= 11 is 1.60. The molecule has 0 N–H and O–H groups in total. The van der Waals surface area contributed by atoms with Crippen LogP contribution in [-0.4, -0.2) is 37.6 Å². The smallest absolute Gasteiger partial charge is 0.339 e. The molecule has 0 bridgehead atoms. The second-order valence-electron chi connectivity index (χ2n) is 4.54. The van der Waals surface area contributed by atoms with Gasteiger partial charge in [-0.1, -0.05) is 0 Å². The molecule has 1 saturated heterocycles. The van der Waals surface area contributed by atoms with Crippen LogP contribution in [0, 0.1) is 0 Å². The van der Waals surface area contributed by atoms with Crippen LogP contribution >= 0.6 is 11.3 Å². The zero-order valence-corrected chi connectivity index (χ0v) is 11.3. The maximum absolute atomic E-state index is 11.8. The molecule has 3 nitrogen and oxygen atoms in total. The van der Waals surface area contributed by atoms with E-state index in [1.807, 2.05) is 12.3 Å². The van der Waals surface area contributed by atoms with Crippen LogP contribution in [-0.2, 0) is 4.74 Å². The summed E-state index contributed by atoms with van der Waals surface area (Å²) in [5.74, 6) is 0.361. The van der Waals surface area contributed by atoms with Crippen molar-refractivity contribution in [3.8, 4) is 0 Å². The van der Waals surface area contributed by atoms with Crippen LogP contribution in [0.25, 0.3) is 0 Å². The van der Waals surface area contributed by atoms with E-state index in [1.165, 1.54) is 5.56 Å². The van der Waals surface area contributed by atoms with E-state index < -0.39 is 0 Å². The van der Waals surface area contributed by atoms with Crippen molar-refractivity contribution in [2.45, 2.75) is 25.7 Å². The molecule has 1 aromatic heterocycles. The van der Waals surface area contributed by atoms with Crippen LogP contribution in [0.1, 0.15) is 41.6 Å². The van der Waals surface area contributed by atoms with Crippen LogP contribution in [0.3, 0.4) is 0 Å². The fraction of sp³-hybridized carbons (Fsp3) is 0.615. The zero-order valence-electron chi connectivity index (χ0n) is 10.4. The van der Waals surface area contributed by atoms with E-state index in [2.05, 4.69) is 17.3 Å². The van der Waals surface area contributed by atoms with E-state index in [1.54, 1.807) is 11.3 Å². The molecule has 0 radical (unpaired) electrons. The third-order valence-electron chi connectivity index (χ3n) is 3.35. The van der Waals surface area contributed by atoms with E-state index in [9.17, 15) is 4.79 Å². The Morgan fingerprint density at radius 3 is 2.82 bits per heavy atom. The molecule has 0 aromatic carbocycles. The van der Waals surface area contributed by atoms with E-state index in [4.69, 9.17) is 4.74 Å². The predicted octanol–water partition coefficient (Wildman–Crippen LogP) is 2.73. The van der Waals surface area contributed by atoms with Crippen molar-refractivity contribution < 1.29 is 9.53 Å². The molecule has 0 aliphatic carbocycles. The third-order valence-corrected chi connectivity index (χ3v) is 4.11. The molecule has 1 aliphatic rings. The van der Waals surface area contributed by atoms with Crippen LogP contribution in [0.2, 0.25) is 0 Å². The zero-order chi connectivity index (χ0) is 12.3. The van der Waals surface area contributed by atoms with E-state index in [0.717, 1.165) is 31.5 Å². The maximum Gasteiger partial charge on any atom is 0.339 e. The molecule has 0 spiro atoms. The van der Waals surface area contributed by atoms with Gasteiger partial charge in [0.1, 0.15) is 0 Å². The third kappa shape index (κ3) is 2.87. The molecule has 1 aromatic rings. The van der Waals surface area contributed by atoms with Gasteiger partial charge in [0.05, 0.1) is 12.2 Å². The molecular weight excluding hydrogens is 234 g/mol. The second-order valence-corrected chi connectivity index (χ2v) is 5.28. The monoisotopic (exact) mass is 253 g/mol. The van der Waals surface area contributed by atoms with Gasteiger partial charge in [-0.3, -0.25) is 0 Å². The lowest BCUT2D eigenvalue weighted by atomic mass is 9.89. The maximum atomic E-state index is 11.8. The largest absolute Gasteiger partial charge is 0.462 e. The molecule has 2 rings (SSSR count). The van der Waals surface area contributed by atoms with Crippen LogP contribution in [0.5, 0.6) is 0 Å². The van der Waals surface area contributed by atoms with E-state index >= 15 is 0 Å². The summed E-state index contributed by atoms with van der Waals surface area (Å²) in [7, 11) is 2.15. The standard InChI is InChI=1S/C13H19NO2S/c1-3-16-13(15)12-9-17-8-11(12)10-4-6-14(2)7-5-10/h8-10H,3-7H2,1-2H3. The Labute approximate surface area is 106 Å². The Morgan fingerprint density at radius 2 is 2.18 bits per heavy atom. The first-order valence-electron chi connectivity index (χ1n) is 6.14. The van der Waals surface area contributed by atoms with Crippen molar-refractivity contribution in [1.29, 1.82) is 0 Å². The molecule has 0 atom stereocenters. The number of rotatable bonds is 3. The van der Waals surface area contributed by atoms with Gasteiger partial charge in [0.2, 0.25) is 0 Å². The SMILES string of the molecule is CCOC(=O)c1cscc1C1CCN(C)CC1. The highest BCUT2D eigenvalue weighted by Crippen LogP contribution is 2.32.